The average Bonchev–Trinajstić information content (AvgIpc) is 3.23. The van der Waals surface area contributed by atoms with E-state index in [1.807, 2.05) is 11.3 Å². The molecule has 1 N–H and O–H groups in total. The summed E-state index contributed by atoms with van der Waals surface area (Å²) in [5.41, 5.74) is 0. The van der Waals surface area contributed by atoms with Crippen LogP contribution in [0, 0.1) is 0 Å². The number of piperazine rings is 1. The largest absolute Gasteiger partial charge is 0.379 e. The highest BCUT2D eigenvalue weighted by molar-refractivity contribution is 7.14. The Bertz CT molecular complexity index is 522. The first kappa shape index (κ1) is 19.5. The summed E-state index contributed by atoms with van der Waals surface area (Å²) in [7, 11) is 0. The number of thiophene rings is 1. The number of nitrogens with one attached hydrogen (secondary N) is 1. The molecular weight excluding hydrogens is 346 g/mol. The summed E-state index contributed by atoms with van der Waals surface area (Å²) >= 11 is 1.83. The fraction of sp³-hybridized carbons (Fsp3) is 0.737. The van der Waals surface area contributed by atoms with Gasteiger partial charge >= 0.3 is 0 Å². The van der Waals surface area contributed by atoms with Gasteiger partial charge in [0.15, 0.2) is 5.96 Å². The van der Waals surface area contributed by atoms with E-state index in [1.165, 1.54) is 18.0 Å². The van der Waals surface area contributed by atoms with Crippen LogP contribution < -0.4 is 10.2 Å². The molecule has 6 nitrogen and oxygen atoms in total. The Morgan fingerprint density at radius 2 is 1.96 bits per heavy atom. The number of anilines is 1. The highest BCUT2D eigenvalue weighted by Gasteiger charge is 2.20. The predicted octanol–water partition coefficient (Wildman–Crippen LogP) is 1.95. The van der Waals surface area contributed by atoms with Crippen molar-refractivity contribution in [3.05, 3.63) is 17.5 Å². The molecule has 0 atom stereocenters. The Hall–Kier alpha value is -1.31. The molecule has 0 bridgehead atoms. The highest BCUT2D eigenvalue weighted by Crippen LogP contribution is 2.22. The third kappa shape index (κ3) is 5.86. The van der Waals surface area contributed by atoms with E-state index in [4.69, 9.17) is 9.73 Å². The Morgan fingerprint density at radius 1 is 1.15 bits per heavy atom. The first-order valence-electron chi connectivity index (χ1n) is 9.98. The van der Waals surface area contributed by atoms with Crippen LogP contribution in [0.3, 0.4) is 0 Å². The van der Waals surface area contributed by atoms with E-state index in [2.05, 4.69) is 44.5 Å². The lowest BCUT2D eigenvalue weighted by molar-refractivity contribution is 0.0373. The molecule has 1 aromatic heterocycles. The van der Waals surface area contributed by atoms with Crippen LogP contribution in [0.1, 0.15) is 19.8 Å². The molecule has 0 radical (unpaired) electrons. The molecule has 2 fully saturated rings. The first-order valence-corrected chi connectivity index (χ1v) is 10.9. The molecule has 1 aromatic rings. The van der Waals surface area contributed by atoms with Crippen LogP contribution in [0.25, 0.3) is 0 Å². The topological polar surface area (TPSA) is 43.3 Å². The molecule has 0 aliphatic carbocycles. The molecule has 0 spiro atoms. The van der Waals surface area contributed by atoms with Crippen molar-refractivity contribution in [3.8, 4) is 0 Å². The molecule has 0 unspecified atom stereocenters. The molecule has 7 heteroatoms. The highest BCUT2D eigenvalue weighted by atomic mass is 32.1. The first-order chi connectivity index (χ1) is 12.9. The minimum Gasteiger partial charge on any atom is -0.379 e. The average molecular weight is 380 g/mol. The normalized spacial score (nSPS) is 19.8. The van der Waals surface area contributed by atoms with Crippen LogP contribution in [0.5, 0.6) is 0 Å². The van der Waals surface area contributed by atoms with Crippen molar-refractivity contribution in [2.75, 3.05) is 77.0 Å². The minimum atomic E-state index is 0.889. The van der Waals surface area contributed by atoms with Crippen LogP contribution in [0.15, 0.2) is 22.5 Å². The summed E-state index contributed by atoms with van der Waals surface area (Å²) in [6.07, 6.45) is 2.37. The van der Waals surface area contributed by atoms with Gasteiger partial charge in [0, 0.05) is 52.4 Å². The minimum absolute atomic E-state index is 0.889. The summed E-state index contributed by atoms with van der Waals surface area (Å²) in [5.74, 6) is 1.09. The predicted molar refractivity (Wildman–Crippen MR) is 111 cm³/mol. The third-order valence-electron chi connectivity index (χ3n) is 4.98. The lowest BCUT2D eigenvalue weighted by atomic mass is 10.3. The summed E-state index contributed by atoms with van der Waals surface area (Å²) in [6, 6.07) is 4.35. The molecule has 2 saturated heterocycles. The van der Waals surface area contributed by atoms with Crippen LogP contribution in [-0.2, 0) is 4.74 Å². The fourth-order valence-electron chi connectivity index (χ4n) is 3.47. The lowest BCUT2D eigenvalue weighted by Crippen LogP contribution is -2.52. The number of hydrogen-bond donors (Lipinski definition) is 1. The number of guanidine groups is 1. The van der Waals surface area contributed by atoms with Gasteiger partial charge in [-0.25, -0.2) is 0 Å². The molecule has 3 heterocycles. The number of aliphatic imine (C=N–C) groups is 1. The molecule has 0 saturated carbocycles. The van der Waals surface area contributed by atoms with Crippen molar-refractivity contribution in [2.24, 2.45) is 4.99 Å². The van der Waals surface area contributed by atoms with E-state index < -0.39 is 0 Å². The second-order valence-electron chi connectivity index (χ2n) is 6.82. The molecule has 2 aliphatic heterocycles. The van der Waals surface area contributed by atoms with Gasteiger partial charge in [-0.3, -0.25) is 9.89 Å². The number of unbranched alkanes of at least 4 members (excludes halogenated alkanes) is 1. The Balaban J connectivity index is 1.39. The number of nitrogens with zero attached hydrogens (tertiary/aromatic N) is 4. The quantitative estimate of drug-likeness (QED) is 0.446. The number of rotatable bonds is 7. The summed E-state index contributed by atoms with van der Waals surface area (Å²) in [5, 5.41) is 7.02. The van der Waals surface area contributed by atoms with E-state index in [9.17, 15) is 0 Å². The third-order valence-corrected chi connectivity index (χ3v) is 5.91. The van der Waals surface area contributed by atoms with Crippen LogP contribution in [0.2, 0.25) is 0 Å². The summed E-state index contributed by atoms with van der Waals surface area (Å²) in [4.78, 5) is 12.3. The molecular formula is C19H33N5OS. The molecule has 0 amide bonds. The van der Waals surface area contributed by atoms with Gasteiger partial charge in [-0.15, -0.1) is 11.3 Å². The monoisotopic (exact) mass is 379 g/mol. The maximum atomic E-state index is 5.40. The molecule has 3 rings (SSSR count). The molecule has 26 heavy (non-hydrogen) atoms. The van der Waals surface area contributed by atoms with E-state index in [1.54, 1.807) is 0 Å². The van der Waals surface area contributed by atoms with E-state index in [0.717, 1.165) is 78.0 Å². The van der Waals surface area contributed by atoms with Crippen molar-refractivity contribution in [2.45, 2.75) is 19.8 Å². The van der Waals surface area contributed by atoms with Crippen molar-refractivity contribution in [3.63, 3.8) is 0 Å². The number of ether oxygens (including phenoxy) is 1. The van der Waals surface area contributed by atoms with Gasteiger partial charge in [-0.1, -0.05) is 0 Å². The second-order valence-corrected chi connectivity index (χ2v) is 7.75. The van der Waals surface area contributed by atoms with E-state index >= 15 is 0 Å². The standard InChI is InChI=1S/C19H33N5OS/c1-2-20-19(21-7-3-4-8-22-13-15-25-16-14-22)24-11-9-23(10-12-24)18-6-5-17-26-18/h5-6,17H,2-4,7-16H2,1H3,(H,20,21). The number of hydrogen-bond acceptors (Lipinski definition) is 5. The van der Waals surface area contributed by atoms with Gasteiger partial charge in [-0.2, -0.15) is 0 Å². The zero-order valence-electron chi connectivity index (χ0n) is 16.0. The van der Waals surface area contributed by atoms with Gasteiger partial charge < -0.3 is 19.9 Å². The van der Waals surface area contributed by atoms with Crippen LogP contribution >= 0.6 is 11.3 Å². The maximum absolute atomic E-state index is 5.40. The summed E-state index contributed by atoms with van der Waals surface area (Å²) < 4.78 is 5.40. The Morgan fingerprint density at radius 3 is 2.65 bits per heavy atom. The van der Waals surface area contributed by atoms with E-state index in [-0.39, 0.29) is 0 Å². The SMILES string of the molecule is CCNC(=NCCCCN1CCOCC1)N1CCN(c2cccs2)CC1. The van der Waals surface area contributed by atoms with Gasteiger partial charge in [0.1, 0.15) is 0 Å². The van der Waals surface area contributed by atoms with E-state index in [0.29, 0.717) is 0 Å². The maximum Gasteiger partial charge on any atom is 0.194 e. The van der Waals surface area contributed by atoms with Crippen LogP contribution in [0.4, 0.5) is 5.00 Å². The number of morpholine rings is 1. The van der Waals surface area contributed by atoms with Gasteiger partial charge in [0.25, 0.3) is 0 Å². The summed E-state index contributed by atoms with van der Waals surface area (Å²) in [6.45, 7) is 13.3. The molecule has 2 aliphatic rings. The molecule has 0 aromatic carbocycles. The molecule has 146 valence electrons. The Kier molecular flexibility index (Phi) is 8.04. The van der Waals surface area contributed by atoms with Crippen molar-refractivity contribution in [1.29, 1.82) is 0 Å². The zero-order valence-corrected chi connectivity index (χ0v) is 16.8. The van der Waals surface area contributed by atoms with Crippen molar-refractivity contribution >= 4 is 22.3 Å². The second kappa shape index (κ2) is 10.7. The lowest BCUT2D eigenvalue weighted by Gasteiger charge is -2.37. The van der Waals surface area contributed by atoms with Gasteiger partial charge in [0.05, 0.1) is 18.2 Å². The van der Waals surface area contributed by atoms with Gasteiger partial charge in [0.2, 0.25) is 0 Å². The fourth-order valence-corrected chi connectivity index (χ4v) is 4.26. The van der Waals surface area contributed by atoms with Crippen molar-refractivity contribution in [1.82, 2.24) is 15.1 Å². The van der Waals surface area contributed by atoms with Crippen LogP contribution in [-0.4, -0.2) is 87.9 Å². The van der Waals surface area contributed by atoms with Crippen molar-refractivity contribution < 1.29 is 4.74 Å². The smallest absolute Gasteiger partial charge is 0.194 e. The van der Waals surface area contributed by atoms with Gasteiger partial charge in [-0.05, 0) is 43.8 Å². The zero-order chi connectivity index (χ0) is 18.0. The Labute approximate surface area is 161 Å².